The van der Waals surface area contributed by atoms with Gasteiger partial charge >= 0.3 is 0 Å². The lowest BCUT2D eigenvalue weighted by molar-refractivity contribution is 0.0734. The molecule has 4 nitrogen and oxygen atoms in total. The fraction of sp³-hybridized carbons (Fsp3) is 0.385. The van der Waals surface area contributed by atoms with E-state index in [-0.39, 0.29) is 16.8 Å². The fourth-order valence-corrected chi connectivity index (χ4v) is 2.58. The third-order valence-electron chi connectivity index (χ3n) is 3.30. The van der Waals surface area contributed by atoms with Crippen molar-refractivity contribution in [2.75, 3.05) is 13.1 Å². The van der Waals surface area contributed by atoms with Crippen molar-refractivity contribution in [2.45, 2.75) is 13.3 Å². The van der Waals surface area contributed by atoms with E-state index in [4.69, 9.17) is 28.4 Å². The third-order valence-corrected chi connectivity index (χ3v) is 4.12. The lowest BCUT2D eigenvalue weighted by Crippen LogP contribution is -2.43. The van der Waals surface area contributed by atoms with E-state index in [0.29, 0.717) is 30.1 Å². The van der Waals surface area contributed by atoms with E-state index < -0.39 is 0 Å². The van der Waals surface area contributed by atoms with E-state index in [1.165, 1.54) is 0 Å². The Balaban J connectivity index is 2.19. The molecule has 1 N–H and O–H groups in total. The van der Waals surface area contributed by atoms with Crippen LogP contribution in [0.5, 0.6) is 0 Å². The molecule has 1 amide bonds. The van der Waals surface area contributed by atoms with E-state index in [0.717, 1.165) is 5.71 Å². The van der Waals surface area contributed by atoms with Crippen LogP contribution in [0.3, 0.4) is 0 Å². The zero-order valence-corrected chi connectivity index (χ0v) is 11.9. The summed E-state index contributed by atoms with van der Waals surface area (Å²) in [6.07, 6.45) is 0.571. The number of oxime groups is 1. The van der Waals surface area contributed by atoms with Gasteiger partial charge in [0.15, 0.2) is 0 Å². The number of nitrogens with zero attached hydrogens (tertiary/aromatic N) is 2. The maximum absolute atomic E-state index is 12.4. The predicted molar refractivity (Wildman–Crippen MR) is 75.4 cm³/mol. The molecule has 2 rings (SSSR count). The van der Waals surface area contributed by atoms with Crippen molar-refractivity contribution in [1.82, 2.24) is 4.90 Å². The van der Waals surface area contributed by atoms with E-state index in [1.807, 2.05) is 6.92 Å². The molecule has 102 valence electrons. The molecule has 0 aliphatic carbocycles. The SMILES string of the molecule is CC1CN(C(=O)c2cccc(Cl)c2Cl)CC/C1=N\O. The van der Waals surface area contributed by atoms with E-state index in [2.05, 4.69) is 5.16 Å². The summed E-state index contributed by atoms with van der Waals surface area (Å²) >= 11 is 12.0. The Morgan fingerprint density at radius 1 is 1.47 bits per heavy atom. The molecule has 1 saturated heterocycles. The summed E-state index contributed by atoms with van der Waals surface area (Å²) in [5.41, 5.74) is 1.13. The monoisotopic (exact) mass is 300 g/mol. The number of piperidine rings is 1. The molecule has 0 saturated carbocycles. The van der Waals surface area contributed by atoms with Crippen molar-refractivity contribution in [3.63, 3.8) is 0 Å². The molecular weight excluding hydrogens is 287 g/mol. The summed E-state index contributed by atoms with van der Waals surface area (Å²) in [6.45, 7) is 2.96. The molecule has 1 heterocycles. The average Bonchev–Trinajstić information content (AvgIpc) is 2.41. The first kappa shape index (κ1) is 14.2. The van der Waals surface area contributed by atoms with Crippen LogP contribution in [0, 0.1) is 5.92 Å². The van der Waals surface area contributed by atoms with Crippen molar-refractivity contribution in [1.29, 1.82) is 0 Å². The minimum atomic E-state index is -0.142. The van der Waals surface area contributed by atoms with Gasteiger partial charge in [0.05, 0.1) is 21.3 Å². The summed E-state index contributed by atoms with van der Waals surface area (Å²) in [4.78, 5) is 14.1. The van der Waals surface area contributed by atoms with E-state index in [1.54, 1.807) is 23.1 Å². The molecule has 1 aliphatic rings. The van der Waals surface area contributed by atoms with Crippen LogP contribution in [-0.4, -0.2) is 34.8 Å². The van der Waals surface area contributed by atoms with E-state index in [9.17, 15) is 4.79 Å². The van der Waals surface area contributed by atoms with Gasteiger partial charge in [-0.05, 0) is 12.1 Å². The fourth-order valence-electron chi connectivity index (χ4n) is 2.20. The van der Waals surface area contributed by atoms with Crippen molar-refractivity contribution in [3.05, 3.63) is 33.8 Å². The molecule has 0 spiro atoms. The number of hydrogen-bond acceptors (Lipinski definition) is 3. The van der Waals surface area contributed by atoms with Gasteiger partial charge in [0, 0.05) is 25.4 Å². The van der Waals surface area contributed by atoms with Crippen LogP contribution in [0.1, 0.15) is 23.7 Å². The second-order valence-corrected chi connectivity index (χ2v) is 5.38. The highest BCUT2D eigenvalue weighted by Crippen LogP contribution is 2.27. The quantitative estimate of drug-likeness (QED) is 0.639. The molecule has 1 aliphatic heterocycles. The molecule has 19 heavy (non-hydrogen) atoms. The topological polar surface area (TPSA) is 52.9 Å². The molecule has 1 fully saturated rings. The largest absolute Gasteiger partial charge is 0.411 e. The number of amides is 1. The minimum absolute atomic E-state index is 0.0423. The first-order chi connectivity index (χ1) is 9.04. The zero-order chi connectivity index (χ0) is 14.0. The van der Waals surface area contributed by atoms with Crippen molar-refractivity contribution in [3.8, 4) is 0 Å². The Hall–Kier alpha value is -1.26. The molecule has 0 aromatic heterocycles. The van der Waals surface area contributed by atoms with Gasteiger partial charge in [-0.15, -0.1) is 0 Å². The van der Waals surface area contributed by atoms with Crippen LogP contribution >= 0.6 is 23.2 Å². The number of carbonyl (C=O) groups excluding carboxylic acids is 1. The summed E-state index contributed by atoms with van der Waals surface area (Å²) in [6, 6.07) is 5.02. The van der Waals surface area contributed by atoms with Gasteiger partial charge in [0.2, 0.25) is 0 Å². The van der Waals surface area contributed by atoms with Gasteiger partial charge in [-0.1, -0.05) is 41.3 Å². The Morgan fingerprint density at radius 2 is 2.21 bits per heavy atom. The summed E-state index contributed by atoms with van der Waals surface area (Å²) in [5, 5.41) is 12.7. The molecule has 6 heteroatoms. The number of likely N-dealkylation sites (tertiary alicyclic amines) is 1. The predicted octanol–water partition coefficient (Wildman–Crippen LogP) is 3.31. The van der Waals surface area contributed by atoms with Gasteiger partial charge in [-0.25, -0.2) is 0 Å². The van der Waals surface area contributed by atoms with E-state index >= 15 is 0 Å². The Bertz CT molecular complexity index is 531. The van der Waals surface area contributed by atoms with Crippen molar-refractivity contribution in [2.24, 2.45) is 11.1 Å². The standard InChI is InChI=1S/C13H14Cl2N2O2/c1-8-7-17(6-5-11(8)16-19)13(18)9-3-2-4-10(14)12(9)15/h2-4,8,19H,5-7H2,1H3/b16-11+. The second-order valence-electron chi connectivity index (χ2n) is 4.59. The summed E-state index contributed by atoms with van der Waals surface area (Å²) in [5.74, 6) is -0.100. The zero-order valence-electron chi connectivity index (χ0n) is 10.4. The van der Waals surface area contributed by atoms with Crippen molar-refractivity contribution >= 4 is 34.8 Å². The molecule has 1 aromatic carbocycles. The maximum atomic E-state index is 12.4. The average molecular weight is 301 g/mol. The van der Waals surface area contributed by atoms with Crippen LogP contribution in [-0.2, 0) is 0 Å². The number of carbonyl (C=O) groups is 1. The summed E-state index contributed by atoms with van der Waals surface area (Å²) in [7, 11) is 0. The number of benzene rings is 1. The first-order valence-corrected chi connectivity index (χ1v) is 6.74. The molecular formula is C13H14Cl2N2O2. The number of halogens is 2. The molecule has 1 aromatic rings. The van der Waals surface area contributed by atoms with Gasteiger partial charge < -0.3 is 10.1 Å². The minimum Gasteiger partial charge on any atom is -0.411 e. The van der Waals surface area contributed by atoms with Crippen LogP contribution < -0.4 is 0 Å². The first-order valence-electron chi connectivity index (χ1n) is 5.98. The second kappa shape index (κ2) is 5.80. The Labute approximate surface area is 121 Å². The lowest BCUT2D eigenvalue weighted by Gasteiger charge is -2.31. The molecule has 0 radical (unpaired) electrons. The Kier molecular flexibility index (Phi) is 4.32. The molecule has 1 atom stereocenters. The van der Waals surface area contributed by atoms with Gasteiger partial charge in [-0.2, -0.15) is 0 Å². The van der Waals surface area contributed by atoms with Crippen LogP contribution in [0.25, 0.3) is 0 Å². The van der Waals surface area contributed by atoms with Crippen LogP contribution in [0.15, 0.2) is 23.4 Å². The highest BCUT2D eigenvalue weighted by molar-refractivity contribution is 6.43. The van der Waals surface area contributed by atoms with Crippen molar-refractivity contribution < 1.29 is 10.0 Å². The maximum Gasteiger partial charge on any atom is 0.255 e. The smallest absolute Gasteiger partial charge is 0.255 e. The number of hydrogen-bond donors (Lipinski definition) is 1. The van der Waals surface area contributed by atoms with Gasteiger partial charge in [-0.3, -0.25) is 4.79 Å². The summed E-state index contributed by atoms with van der Waals surface area (Å²) < 4.78 is 0. The van der Waals surface area contributed by atoms with Gasteiger partial charge in [0.25, 0.3) is 5.91 Å². The Morgan fingerprint density at radius 3 is 2.84 bits per heavy atom. The van der Waals surface area contributed by atoms with Crippen LogP contribution in [0.4, 0.5) is 0 Å². The van der Waals surface area contributed by atoms with Gasteiger partial charge in [0.1, 0.15) is 0 Å². The van der Waals surface area contributed by atoms with Crippen LogP contribution in [0.2, 0.25) is 10.0 Å². The lowest BCUT2D eigenvalue weighted by atomic mass is 9.97. The number of rotatable bonds is 1. The highest BCUT2D eigenvalue weighted by Gasteiger charge is 2.27. The molecule has 0 bridgehead atoms. The highest BCUT2D eigenvalue weighted by atomic mass is 35.5. The normalized spacial score (nSPS) is 21.7. The molecule has 1 unspecified atom stereocenters. The third kappa shape index (κ3) is 2.85.